The van der Waals surface area contributed by atoms with E-state index in [1.54, 1.807) is 0 Å². The molecule has 11 rings (SSSR count). The molecule has 4 heterocycles. The molecule has 3 heteroatoms. The molecule has 240 valence electrons. The lowest BCUT2D eigenvalue weighted by Crippen LogP contribution is -2.26. The van der Waals surface area contributed by atoms with Crippen LogP contribution in [-0.4, -0.2) is 13.7 Å². The van der Waals surface area contributed by atoms with E-state index in [4.69, 9.17) is 0 Å². The van der Waals surface area contributed by atoms with Crippen molar-refractivity contribution < 1.29 is 0 Å². The Bertz CT molecular complexity index is 2970. The molecule has 0 aliphatic carbocycles. The Balaban J connectivity index is 0.00000156. The van der Waals surface area contributed by atoms with Crippen molar-refractivity contribution in [1.82, 2.24) is 13.7 Å². The predicted octanol–water partition coefficient (Wildman–Crippen LogP) is 12.6. The topological polar surface area (TPSA) is 14.8 Å². The van der Waals surface area contributed by atoms with Crippen molar-refractivity contribution in [2.45, 2.75) is 33.1 Å². The molecule has 0 bridgehead atoms. The number of benzene rings is 7. The van der Waals surface area contributed by atoms with E-state index >= 15 is 0 Å². The molecule has 1 aliphatic rings. The first-order chi connectivity index (χ1) is 24.6. The summed E-state index contributed by atoms with van der Waals surface area (Å²) < 4.78 is 7.47. The molecule has 50 heavy (non-hydrogen) atoms. The summed E-state index contributed by atoms with van der Waals surface area (Å²) in [5.41, 5.74) is 13.7. The quantitative estimate of drug-likeness (QED) is 0.178. The van der Waals surface area contributed by atoms with Crippen LogP contribution in [0.3, 0.4) is 0 Å². The van der Waals surface area contributed by atoms with Gasteiger partial charge in [-0.25, -0.2) is 0 Å². The van der Waals surface area contributed by atoms with E-state index in [1.807, 2.05) is 13.8 Å². The van der Waals surface area contributed by atoms with Gasteiger partial charge in [0.2, 0.25) is 0 Å². The van der Waals surface area contributed by atoms with Crippen LogP contribution in [-0.2, 0) is 5.41 Å². The summed E-state index contributed by atoms with van der Waals surface area (Å²) in [7, 11) is 0. The minimum absolute atomic E-state index is 0.180. The minimum Gasteiger partial charge on any atom is -0.309 e. The molecule has 0 radical (unpaired) electrons. The molecule has 10 aromatic rings. The van der Waals surface area contributed by atoms with Gasteiger partial charge in [0.15, 0.2) is 0 Å². The van der Waals surface area contributed by atoms with Crippen LogP contribution in [0.4, 0.5) is 0 Å². The fourth-order valence-corrected chi connectivity index (χ4v) is 8.91. The molecule has 0 spiro atoms. The smallest absolute Gasteiger partial charge is 0.0641 e. The van der Waals surface area contributed by atoms with Crippen LogP contribution < -0.4 is 0 Å². The van der Waals surface area contributed by atoms with Crippen molar-refractivity contribution in [2.75, 3.05) is 0 Å². The third-order valence-corrected chi connectivity index (χ3v) is 11.0. The van der Waals surface area contributed by atoms with Gasteiger partial charge in [-0.1, -0.05) is 125 Å². The highest BCUT2D eigenvalue weighted by molar-refractivity contribution is 6.26. The number of hydrogen-bond acceptors (Lipinski definition) is 0. The normalized spacial score (nSPS) is 13.4. The maximum atomic E-state index is 2.51. The van der Waals surface area contributed by atoms with Crippen molar-refractivity contribution >= 4 is 65.4 Å². The molecule has 0 N–H and O–H groups in total. The average Bonchev–Trinajstić information content (AvgIpc) is 3.81. The minimum atomic E-state index is -0.180. The number of nitrogens with zero attached hydrogens (tertiary/aromatic N) is 3. The maximum Gasteiger partial charge on any atom is 0.0641 e. The van der Waals surface area contributed by atoms with Gasteiger partial charge in [-0.2, -0.15) is 0 Å². The number of rotatable bonds is 2. The molecule has 0 amide bonds. The lowest BCUT2D eigenvalue weighted by molar-refractivity contribution is 0.630. The van der Waals surface area contributed by atoms with Gasteiger partial charge in [-0.3, -0.25) is 0 Å². The van der Waals surface area contributed by atoms with Crippen molar-refractivity contribution in [3.63, 3.8) is 0 Å². The Kier molecular flexibility index (Phi) is 6.05. The van der Waals surface area contributed by atoms with E-state index in [0.29, 0.717) is 0 Å². The molecule has 0 unspecified atom stereocenters. The summed E-state index contributed by atoms with van der Waals surface area (Å²) >= 11 is 0. The first-order valence-corrected chi connectivity index (χ1v) is 17.8. The van der Waals surface area contributed by atoms with Crippen molar-refractivity contribution in [3.05, 3.63) is 163 Å². The molecule has 3 aromatic heterocycles. The van der Waals surface area contributed by atoms with E-state index in [9.17, 15) is 0 Å². The molecule has 1 aliphatic heterocycles. The number of fused-ring (bicyclic) bond motifs is 12. The fourth-order valence-electron chi connectivity index (χ4n) is 8.91. The second kappa shape index (κ2) is 10.5. The summed E-state index contributed by atoms with van der Waals surface area (Å²) in [6, 6.07) is 56.0. The van der Waals surface area contributed by atoms with E-state index < -0.39 is 0 Å². The molecule has 0 atom stereocenters. The largest absolute Gasteiger partial charge is 0.309 e. The SMILES string of the molecule is CC.CC1(C)c2ccccc2-n2c3ccccc3c3cc(-n4c5ccccc5c5c4ccc4c6ccccc6n(-c6ccccc6)c45)cc1c32. The molecule has 3 nitrogen and oxygen atoms in total. The molecular formula is C47H37N3. The third kappa shape index (κ3) is 3.64. The first kappa shape index (κ1) is 28.9. The molecule has 0 saturated carbocycles. The Morgan fingerprint density at radius 1 is 0.380 bits per heavy atom. The Morgan fingerprint density at radius 2 is 0.960 bits per heavy atom. The summed E-state index contributed by atoms with van der Waals surface area (Å²) in [6.45, 7) is 8.78. The molecular weight excluding hydrogens is 607 g/mol. The van der Waals surface area contributed by atoms with Crippen LogP contribution in [0.1, 0.15) is 38.8 Å². The van der Waals surface area contributed by atoms with E-state index in [0.717, 1.165) is 0 Å². The van der Waals surface area contributed by atoms with Gasteiger partial charge >= 0.3 is 0 Å². The van der Waals surface area contributed by atoms with Gasteiger partial charge in [0, 0.05) is 49.1 Å². The maximum absolute atomic E-state index is 2.51. The second-order valence-corrected chi connectivity index (χ2v) is 13.8. The van der Waals surface area contributed by atoms with Gasteiger partial charge in [-0.15, -0.1) is 0 Å². The number of aromatic nitrogens is 3. The summed E-state index contributed by atoms with van der Waals surface area (Å²) in [6.07, 6.45) is 0. The standard InChI is InChI=1S/C45H31N3.C2H6/c1-45(2)35-19-9-13-23-40(35)48-38-21-11-7-17-31(38)34-26-29(27-36(45)43(34)48)46-39-22-12-8-18-33(39)42-41(46)25-24-32-30-16-6-10-20-37(30)47(44(32)42)28-14-4-3-5-15-28;1-2/h3-27H,1-2H3;1-2H3. The zero-order valence-electron chi connectivity index (χ0n) is 28.8. The Morgan fingerprint density at radius 3 is 1.70 bits per heavy atom. The van der Waals surface area contributed by atoms with Gasteiger partial charge in [0.1, 0.15) is 0 Å². The fraction of sp³-hybridized carbons (Fsp3) is 0.106. The van der Waals surface area contributed by atoms with Crippen molar-refractivity contribution in [2.24, 2.45) is 0 Å². The van der Waals surface area contributed by atoms with Crippen LogP contribution in [0.25, 0.3) is 82.5 Å². The lowest BCUT2D eigenvalue weighted by atomic mass is 9.74. The third-order valence-electron chi connectivity index (χ3n) is 11.0. The van der Waals surface area contributed by atoms with Crippen LogP contribution in [0.2, 0.25) is 0 Å². The highest BCUT2D eigenvalue weighted by Gasteiger charge is 2.36. The highest BCUT2D eigenvalue weighted by atomic mass is 15.0. The van der Waals surface area contributed by atoms with Crippen LogP contribution in [0.5, 0.6) is 0 Å². The number of hydrogen-bond donors (Lipinski definition) is 0. The zero-order chi connectivity index (χ0) is 33.7. The molecule has 0 fully saturated rings. The van der Waals surface area contributed by atoms with Crippen molar-refractivity contribution in [3.8, 4) is 17.1 Å². The van der Waals surface area contributed by atoms with Crippen LogP contribution >= 0.6 is 0 Å². The Labute approximate surface area is 291 Å². The van der Waals surface area contributed by atoms with Crippen LogP contribution in [0, 0.1) is 0 Å². The first-order valence-electron chi connectivity index (χ1n) is 17.8. The van der Waals surface area contributed by atoms with E-state index in [-0.39, 0.29) is 5.41 Å². The highest BCUT2D eigenvalue weighted by Crippen LogP contribution is 2.49. The summed E-state index contributed by atoms with van der Waals surface area (Å²) in [5.74, 6) is 0. The predicted molar refractivity (Wildman–Crippen MR) is 213 cm³/mol. The van der Waals surface area contributed by atoms with E-state index in [1.165, 1.54) is 93.6 Å². The number of para-hydroxylation sites is 5. The lowest BCUT2D eigenvalue weighted by Gasteiger charge is -2.35. The average molecular weight is 644 g/mol. The molecule has 7 aromatic carbocycles. The van der Waals surface area contributed by atoms with Crippen LogP contribution in [0.15, 0.2) is 152 Å². The van der Waals surface area contributed by atoms with Gasteiger partial charge in [0.25, 0.3) is 0 Å². The van der Waals surface area contributed by atoms with E-state index in [2.05, 4.69) is 179 Å². The van der Waals surface area contributed by atoms with Gasteiger partial charge < -0.3 is 13.7 Å². The van der Waals surface area contributed by atoms with Gasteiger partial charge in [-0.05, 0) is 65.7 Å². The monoisotopic (exact) mass is 643 g/mol. The van der Waals surface area contributed by atoms with Crippen molar-refractivity contribution in [1.29, 1.82) is 0 Å². The molecule has 0 saturated heterocycles. The second-order valence-electron chi connectivity index (χ2n) is 13.8. The Hall–Kier alpha value is -6.06. The summed E-state index contributed by atoms with van der Waals surface area (Å²) in [5, 5.41) is 7.68. The zero-order valence-corrected chi connectivity index (χ0v) is 28.8. The van der Waals surface area contributed by atoms with Gasteiger partial charge in [0.05, 0.1) is 38.8 Å². The summed E-state index contributed by atoms with van der Waals surface area (Å²) in [4.78, 5) is 0.